The van der Waals surface area contributed by atoms with Gasteiger partial charge in [0, 0.05) is 76.4 Å². The molecular weight excluding hydrogens is 402 g/mol. The van der Waals surface area contributed by atoms with Gasteiger partial charge in [-0.05, 0) is 52.4 Å². The molecule has 4 rings (SSSR count). The number of piperazine rings is 1. The number of likely N-dealkylation sites (tertiary alicyclic amines) is 2. The Morgan fingerprint density at radius 3 is 1.97 bits per heavy atom. The Hall–Kier alpha value is -1.34. The van der Waals surface area contributed by atoms with Crippen LogP contribution in [0.4, 0.5) is 4.79 Å². The Balaban J connectivity index is 1.12. The van der Waals surface area contributed by atoms with Gasteiger partial charge in [0.2, 0.25) is 5.91 Å². The number of carbonyl (C=O) groups is 2. The minimum absolute atomic E-state index is 0.0866. The molecule has 3 aliphatic heterocycles. The summed E-state index contributed by atoms with van der Waals surface area (Å²) in [5.41, 5.74) is 0. The predicted molar refractivity (Wildman–Crippen MR) is 128 cm³/mol. The van der Waals surface area contributed by atoms with E-state index in [1.54, 1.807) is 0 Å². The van der Waals surface area contributed by atoms with Crippen molar-refractivity contribution in [1.82, 2.24) is 24.9 Å². The minimum atomic E-state index is 0.0866. The summed E-state index contributed by atoms with van der Waals surface area (Å²) in [7, 11) is 0. The Morgan fingerprint density at radius 2 is 1.34 bits per heavy atom. The fourth-order valence-electron chi connectivity index (χ4n) is 6.24. The van der Waals surface area contributed by atoms with E-state index in [2.05, 4.69) is 33.9 Å². The maximum Gasteiger partial charge on any atom is 0.317 e. The molecule has 0 aromatic carbocycles. The van der Waals surface area contributed by atoms with Crippen molar-refractivity contribution in [3.63, 3.8) is 0 Å². The number of piperidine rings is 1. The molecule has 4 fully saturated rings. The molecule has 1 N–H and O–H groups in total. The number of nitrogens with one attached hydrogen (secondary N) is 1. The lowest BCUT2D eigenvalue weighted by molar-refractivity contribution is -0.137. The zero-order chi connectivity index (χ0) is 22.5. The van der Waals surface area contributed by atoms with E-state index in [0.717, 1.165) is 78.0 Å². The van der Waals surface area contributed by atoms with Crippen LogP contribution in [0.15, 0.2) is 0 Å². The molecule has 3 amide bonds. The SMILES string of the molecule is CC1CCC(C)N1CCN1CCN(C(=O)NC2CCN(C(=O)C3CCCCC3)CC2)CC1. The molecule has 2 unspecified atom stereocenters. The van der Waals surface area contributed by atoms with E-state index in [9.17, 15) is 9.59 Å². The van der Waals surface area contributed by atoms with Crippen molar-refractivity contribution in [2.24, 2.45) is 5.92 Å². The second-order valence-electron chi connectivity index (χ2n) is 10.7. The van der Waals surface area contributed by atoms with Crippen LogP contribution in [0, 0.1) is 5.92 Å². The summed E-state index contributed by atoms with van der Waals surface area (Å²) in [6, 6.07) is 1.71. The molecule has 1 aliphatic carbocycles. The molecule has 0 aromatic rings. The summed E-state index contributed by atoms with van der Waals surface area (Å²) in [6.07, 6.45) is 10.2. The second kappa shape index (κ2) is 11.2. The van der Waals surface area contributed by atoms with E-state index in [4.69, 9.17) is 0 Å². The second-order valence-corrected chi connectivity index (χ2v) is 10.7. The molecule has 7 nitrogen and oxygen atoms in total. The Kier molecular flexibility index (Phi) is 8.32. The van der Waals surface area contributed by atoms with Crippen molar-refractivity contribution in [3.8, 4) is 0 Å². The summed E-state index contributed by atoms with van der Waals surface area (Å²) in [5.74, 6) is 0.617. The van der Waals surface area contributed by atoms with Gasteiger partial charge in [-0.3, -0.25) is 14.6 Å². The topological polar surface area (TPSA) is 59.1 Å². The standard InChI is InChI=1S/C25H45N5O2/c1-20-8-9-21(2)30(20)19-16-27-14-17-29(18-15-27)25(32)26-23-10-12-28(13-11-23)24(31)22-6-4-3-5-7-22/h20-23H,3-19H2,1-2H3,(H,26,32). The van der Waals surface area contributed by atoms with Crippen LogP contribution in [0.25, 0.3) is 0 Å². The van der Waals surface area contributed by atoms with Crippen molar-refractivity contribution in [2.75, 3.05) is 52.4 Å². The summed E-state index contributed by atoms with van der Waals surface area (Å²) in [6.45, 7) is 12.1. The van der Waals surface area contributed by atoms with Crippen molar-refractivity contribution in [1.29, 1.82) is 0 Å². The molecule has 3 heterocycles. The number of hydrogen-bond acceptors (Lipinski definition) is 4. The van der Waals surface area contributed by atoms with Crippen LogP contribution < -0.4 is 5.32 Å². The number of amides is 3. The lowest BCUT2D eigenvalue weighted by Crippen LogP contribution is -2.56. The maximum atomic E-state index is 12.8. The van der Waals surface area contributed by atoms with Crippen molar-refractivity contribution in [3.05, 3.63) is 0 Å². The predicted octanol–water partition coefficient (Wildman–Crippen LogP) is 2.76. The Morgan fingerprint density at radius 1 is 0.719 bits per heavy atom. The van der Waals surface area contributed by atoms with Gasteiger partial charge in [-0.15, -0.1) is 0 Å². The molecule has 2 atom stereocenters. The van der Waals surface area contributed by atoms with Crippen molar-refractivity contribution >= 4 is 11.9 Å². The largest absolute Gasteiger partial charge is 0.342 e. The number of hydrogen-bond donors (Lipinski definition) is 1. The summed E-state index contributed by atoms with van der Waals surface area (Å²) in [4.78, 5) is 34.7. The fraction of sp³-hybridized carbons (Fsp3) is 0.920. The number of nitrogens with zero attached hydrogens (tertiary/aromatic N) is 4. The van der Waals surface area contributed by atoms with E-state index in [1.165, 1.54) is 32.1 Å². The molecule has 3 saturated heterocycles. The highest BCUT2D eigenvalue weighted by molar-refractivity contribution is 5.79. The highest BCUT2D eigenvalue weighted by Crippen LogP contribution is 2.27. The van der Waals surface area contributed by atoms with Crippen LogP contribution in [-0.2, 0) is 4.79 Å². The molecule has 182 valence electrons. The lowest BCUT2D eigenvalue weighted by atomic mass is 9.87. The molecule has 0 radical (unpaired) electrons. The number of carbonyl (C=O) groups excluding carboxylic acids is 2. The third kappa shape index (κ3) is 5.96. The summed E-state index contributed by atoms with van der Waals surface area (Å²) in [5, 5.41) is 3.25. The molecule has 4 aliphatic rings. The zero-order valence-electron chi connectivity index (χ0n) is 20.4. The van der Waals surface area contributed by atoms with Crippen molar-refractivity contribution in [2.45, 2.75) is 89.8 Å². The highest BCUT2D eigenvalue weighted by Gasteiger charge is 2.31. The van der Waals surface area contributed by atoms with Crippen LogP contribution in [0.5, 0.6) is 0 Å². The van der Waals surface area contributed by atoms with E-state index in [0.29, 0.717) is 18.0 Å². The Bertz CT molecular complexity index is 612. The first-order chi connectivity index (χ1) is 15.5. The van der Waals surface area contributed by atoms with Crippen molar-refractivity contribution < 1.29 is 9.59 Å². The quantitative estimate of drug-likeness (QED) is 0.704. The van der Waals surface area contributed by atoms with Crippen LogP contribution in [0.2, 0.25) is 0 Å². The van der Waals surface area contributed by atoms with Gasteiger partial charge in [0.05, 0.1) is 0 Å². The van der Waals surface area contributed by atoms with E-state index < -0.39 is 0 Å². The van der Waals surface area contributed by atoms with Gasteiger partial charge >= 0.3 is 6.03 Å². The molecular formula is C25H45N5O2. The number of rotatable bonds is 5. The third-order valence-electron chi connectivity index (χ3n) is 8.56. The van der Waals surface area contributed by atoms with Crippen LogP contribution in [0.3, 0.4) is 0 Å². The Labute approximate surface area is 194 Å². The molecule has 32 heavy (non-hydrogen) atoms. The van der Waals surface area contributed by atoms with E-state index in [-0.39, 0.29) is 18.0 Å². The summed E-state index contributed by atoms with van der Waals surface area (Å²) < 4.78 is 0. The van der Waals surface area contributed by atoms with Crippen LogP contribution in [0.1, 0.15) is 71.6 Å². The first kappa shape index (κ1) is 23.8. The smallest absolute Gasteiger partial charge is 0.317 e. The third-order valence-corrected chi connectivity index (χ3v) is 8.56. The minimum Gasteiger partial charge on any atom is -0.342 e. The van der Waals surface area contributed by atoms with Gasteiger partial charge in [-0.2, -0.15) is 0 Å². The number of urea groups is 1. The molecule has 0 bridgehead atoms. The van der Waals surface area contributed by atoms with Gasteiger partial charge in [0.15, 0.2) is 0 Å². The lowest BCUT2D eigenvalue weighted by Gasteiger charge is -2.38. The first-order valence-corrected chi connectivity index (χ1v) is 13.3. The van der Waals surface area contributed by atoms with Crippen LogP contribution in [-0.4, -0.2) is 102 Å². The highest BCUT2D eigenvalue weighted by atomic mass is 16.2. The van der Waals surface area contributed by atoms with Crippen LogP contribution >= 0.6 is 0 Å². The normalized spacial score (nSPS) is 29.4. The van der Waals surface area contributed by atoms with Gasteiger partial charge in [-0.25, -0.2) is 4.79 Å². The van der Waals surface area contributed by atoms with Gasteiger partial charge in [0.1, 0.15) is 0 Å². The molecule has 1 saturated carbocycles. The fourth-order valence-corrected chi connectivity index (χ4v) is 6.24. The average Bonchev–Trinajstić information content (AvgIpc) is 3.15. The first-order valence-electron chi connectivity index (χ1n) is 13.3. The van der Waals surface area contributed by atoms with Gasteiger partial charge < -0.3 is 15.1 Å². The molecule has 0 aromatic heterocycles. The molecule has 0 spiro atoms. The average molecular weight is 448 g/mol. The van der Waals surface area contributed by atoms with E-state index >= 15 is 0 Å². The van der Waals surface area contributed by atoms with Gasteiger partial charge in [0.25, 0.3) is 0 Å². The van der Waals surface area contributed by atoms with E-state index in [1.807, 2.05) is 4.90 Å². The molecule has 7 heteroatoms. The summed E-state index contributed by atoms with van der Waals surface area (Å²) >= 11 is 0. The zero-order valence-corrected chi connectivity index (χ0v) is 20.4. The maximum absolute atomic E-state index is 12.8. The van der Waals surface area contributed by atoms with Gasteiger partial charge in [-0.1, -0.05) is 19.3 Å². The monoisotopic (exact) mass is 447 g/mol.